The molecule has 0 aromatic carbocycles. The lowest BCUT2D eigenvalue weighted by atomic mass is 10.7. The summed E-state index contributed by atoms with van der Waals surface area (Å²) in [5.74, 6) is 0. The second-order valence-electron chi connectivity index (χ2n) is 1.65. The van der Waals surface area contributed by atoms with Crippen LogP contribution in [0.4, 0.5) is 0 Å². The molecule has 52 valence electrons. The minimum absolute atomic E-state index is 1.69. The first-order chi connectivity index (χ1) is 5.00. The van der Waals surface area contributed by atoms with Gasteiger partial charge in [0.2, 0.25) is 0 Å². The molecule has 2 aromatic heterocycles. The van der Waals surface area contributed by atoms with E-state index < -0.39 is 0 Å². The monoisotopic (exact) mass is 135 g/mol. The number of nitrogens with one attached hydrogen (secondary N) is 2. The van der Waals surface area contributed by atoms with Crippen molar-refractivity contribution in [3.8, 4) is 0 Å². The van der Waals surface area contributed by atoms with Gasteiger partial charge in [-0.3, -0.25) is 5.10 Å². The standard InChI is InChI=1S/C4H5N.C3H4N2/c2*1-2-4-5-3-1/h1-5H;1-3H,(H,4,5). The number of aromatic nitrogens is 3. The average Bonchev–Trinajstić information content (AvgIpc) is 2.67. The summed E-state index contributed by atoms with van der Waals surface area (Å²) in [6.45, 7) is 0. The lowest BCUT2D eigenvalue weighted by Gasteiger charge is -1.49. The van der Waals surface area contributed by atoms with Gasteiger partial charge in [0.15, 0.2) is 0 Å². The average molecular weight is 135 g/mol. The summed E-state index contributed by atoms with van der Waals surface area (Å²) < 4.78 is 0. The molecule has 2 heterocycles. The number of aromatic amines is 2. The Balaban J connectivity index is 0.0000001000. The van der Waals surface area contributed by atoms with E-state index in [2.05, 4.69) is 15.2 Å². The largest absolute Gasteiger partial charge is 0.368 e. The maximum atomic E-state index is 3.60. The molecule has 0 spiro atoms. The van der Waals surface area contributed by atoms with E-state index in [1.165, 1.54) is 0 Å². The summed E-state index contributed by atoms with van der Waals surface area (Å²) in [5.41, 5.74) is 0. The highest BCUT2D eigenvalue weighted by Gasteiger charge is 1.56. The Morgan fingerprint density at radius 1 is 0.900 bits per heavy atom. The van der Waals surface area contributed by atoms with Crippen LogP contribution in [0.2, 0.25) is 0 Å². The summed E-state index contributed by atoms with van der Waals surface area (Å²) in [7, 11) is 0. The van der Waals surface area contributed by atoms with Gasteiger partial charge in [-0.15, -0.1) is 0 Å². The predicted octanol–water partition coefficient (Wildman–Crippen LogP) is 1.42. The van der Waals surface area contributed by atoms with E-state index in [0.29, 0.717) is 0 Å². The van der Waals surface area contributed by atoms with Crippen LogP contribution in [-0.2, 0) is 0 Å². The summed E-state index contributed by atoms with van der Waals surface area (Å²) in [6, 6.07) is 5.72. The maximum absolute atomic E-state index is 3.60. The topological polar surface area (TPSA) is 44.5 Å². The van der Waals surface area contributed by atoms with Crippen molar-refractivity contribution < 1.29 is 0 Å². The molecule has 0 saturated carbocycles. The van der Waals surface area contributed by atoms with E-state index in [0.717, 1.165) is 0 Å². The molecule has 0 fully saturated rings. The molecule has 2 rings (SSSR count). The van der Waals surface area contributed by atoms with E-state index in [9.17, 15) is 0 Å². The Hall–Kier alpha value is -1.51. The first kappa shape index (κ1) is 6.61. The minimum atomic E-state index is 1.69. The lowest BCUT2D eigenvalue weighted by Crippen LogP contribution is -1.53. The van der Waals surface area contributed by atoms with Gasteiger partial charge in [0.1, 0.15) is 0 Å². The third kappa shape index (κ3) is 2.71. The van der Waals surface area contributed by atoms with Gasteiger partial charge >= 0.3 is 0 Å². The second-order valence-corrected chi connectivity index (χ2v) is 1.65. The second kappa shape index (κ2) is 4.38. The molecule has 0 saturated heterocycles. The summed E-state index contributed by atoms with van der Waals surface area (Å²) >= 11 is 0. The van der Waals surface area contributed by atoms with E-state index in [4.69, 9.17) is 0 Å². The molecule has 2 N–H and O–H groups in total. The SMILES string of the molecule is c1cc[nH]c1.c1cn[nH]c1. The normalized spacial score (nSPS) is 8.00. The quantitative estimate of drug-likeness (QED) is 0.563. The fourth-order valence-corrected chi connectivity index (χ4v) is 0.493. The molecule has 0 aliphatic heterocycles. The molecule has 0 bridgehead atoms. The van der Waals surface area contributed by atoms with Gasteiger partial charge in [-0.05, 0) is 18.2 Å². The highest BCUT2D eigenvalue weighted by molar-refractivity contribution is 4.84. The van der Waals surface area contributed by atoms with Gasteiger partial charge in [0, 0.05) is 24.8 Å². The first-order valence-electron chi connectivity index (χ1n) is 3.01. The zero-order chi connectivity index (χ0) is 7.07. The highest BCUT2D eigenvalue weighted by Crippen LogP contribution is 1.72. The van der Waals surface area contributed by atoms with E-state index in [-0.39, 0.29) is 0 Å². The molecule has 0 aliphatic carbocycles. The lowest BCUT2D eigenvalue weighted by molar-refractivity contribution is 1.09. The van der Waals surface area contributed by atoms with Crippen LogP contribution < -0.4 is 0 Å². The van der Waals surface area contributed by atoms with Crippen LogP contribution in [0, 0.1) is 0 Å². The zero-order valence-corrected chi connectivity index (χ0v) is 5.49. The van der Waals surface area contributed by atoms with Crippen LogP contribution in [-0.4, -0.2) is 15.2 Å². The van der Waals surface area contributed by atoms with Crippen molar-refractivity contribution in [3.05, 3.63) is 43.0 Å². The van der Waals surface area contributed by atoms with Crippen molar-refractivity contribution >= 4 is 0 Å². The van der Waals surface area contributed by atoms with Crippen molar-refractivity contribution in [1.82, 2.24) is 15.2 Å². The number of hydrogen-bond donors (Lipinski definition) is 2. The van der Waals surface area contributed by atoms with Gasteiger partial charge in [0.05, 0.1) is 0 Å². The van der Waals surface area contributed by atoms with Crippen LogP contribution in [0.3, 0.4) is 0 Å². The first-order valence-corrected chi connectivity index (χ1v) is 3.01. The maximum Gasteiger partial charge on any atom is 0.0487 e. The Morgan fingerprint density at radius 2 is 1.70 bits per heavy atom. The molecule has 2 aromatic rings. The molecule has 3 nitrogen and oxygen atoms in total. The smallest absolute Gasteiger partial charge is 0.0487 e. The Morgan fingerprint density at radius 3 is 1.90 bits per heavy atom. The van der Waals surface area contributed by atoms with Gasteiger partial charge in [0.25, 0.3) is 0 Å². The van der Waals surface area contributed by atoms with Crippen molar-refractivity contribution in [2.24, 2.45) is 0 Å². The predicted molar refractivity (Wildman–Crippen MR) is 39.4 cm³/mol. The van der Waals surface area contributed by atoms with Gasteiger partial charge in [-0.25, -0.2) is 0 Å². The number of H-pyrrole nitrogens is 2. The fraction of sp³-hybridized carbons (Fsp3) is 0. The molecular weight excluding hydrogens is 126 g/mol. The highest BCUT2D eigenvalue weighted by atomic mass is 15.1. The van der Waals surface area contributed by atoms with E-state index in [1.54, 1.807) is 12.4 Å². The summed E-state index contributed by atoms with van der Waals surface area (Å²) in [4.78, 5) is 2.86. The van der Waals surface area contributed by atoms with Crippen molar-refractivity contribution in [2.45, 2.75) is 0 Å². The zero-order valence-electron chi connectivity index (χ0n) is 5.49. The molecule has 0 aliphatic rings. The number of nitrogens with zero attached hydrogens (tertiary/aromatic N) is 1. The van der Waals surface area contributed by atoms with E-state index in [1.807, 2.05) is 30.6 Å². The molecule has 10 heavy (non-hydrogen) atoms. The third-order valence-electron chi connectivity index (χ3n) is 0.902. The van der Waals surface area contributed by atoms with Crippen LogP contribution >= 0.6 is 0 Å². The van der Waals surface area contributed by atoms with E-state index >= 15 is 0 Å². The molecular formula is C7H9N3. The Kier molecular flexibility index (Phi) is 2.89. The molecule has 0 radical (unpaired) electrons. The Labute approximate surface area is 59.1 Å². The van der Waals surface area contributed by atoms with Crippen molar-refractivity contribution in [1.29, 1.82) is 0 Å². The number of rotatable bonds is 0. The third-order valence-corrected chi connectivity index (χ3v) is 0.902. The van der Waals surface area contributed by atoms with Crippen molar-refractivity contribution in [3.63, 3.8) is 0 Å². The van der Waals surface area contributed by atoms with Crippen LogP contribution in [0.25, 0.3) is 0 Å². The molecule has 0 unspecified atom stereocenters. The molecule has 0 atom stereocenters. The Bertz CT molecular complexity index is 148. The minimum Gasteiger partial charge on any atom is -0.368 e. The fourth-order valence-electron chi connectivity index (χ4n) is 0.493. The molecule has 0 amide bonds. The van der Waals surface area contributed by atoms with Crippen LogP contribution in [0.1, 0.15) is 0 Å². The summed E-state index contributed by atoms with van der Waals surface area (Å²) in [6.07, 6.45) is 7.21. The van der Waals surface area contributed by atoms with Gasteiger partial charge < -0.3 is 4.98 Å². The van der Waals surface area contributed by atoms with Gasteiger partial charge in [-0.2, -0.15) is 5.10 Å². The van der Waals surface area contributed by atoms with Crippen LogP contribution in [0.5, 0.6) is 0 Å². The van der Waals surface area contributed by atoms with Crippen molar-refractivity contribution in [2.75, 3.05) is 0 Å². The van der Waals surface area contributed by atoms with Gasteiger partial charge in [-0.1, -0.05) is 0 Å². The molecule has 3 heteroatoms. The van der Waals surface area contributed by atoms with Crippen LogP contribution in [0.15, 0.2) is 43.0 Å². The summed E-state index contributed by atoms with van der Waals surface area (Å²) in [5, 5.41) is 6.21. The number of hydrogen-bond acceptors (Lipinski definition) is 1.